The van der Waals surface area contributed by atoms with Crippen LogP contribution in [0.4, 0.5) is 11.4 Å². The summed E-state index contributed by atoms with van der Waals surface area (Å²) in [5.74, 6) is -0.00276. The lowest BCUT2D eigenvalue weighted by Gasteiger charge is -2.03. The van der Waals surface area contributed by atoms with Gasteiger partial charge >= 0.3 is 5.97 Å². The quantitative estimate of drug-likeness (QED) is 0.364. The van der Waals surface area contributed by atoms with Gasteiger partial charge in [-0.05, 0) is 43.3 Å². The Bertz CT molecular complexity index is 634. The van der Waals surface area contributed by atoms with Crippen LogP contribution in [-0.4, -0.2) is 11.0 Å². The van der Waals surface area contributed by atoms with Crippen molar-refractivity contribution in [3.63, 3.8) is 0 Å². The van der Waals surface area contributed by atoms with Gasteiger partial charge in [-0.2, -0.15) is 10.2 Å². The third-order valence-electron chi connectivity index (χ3n) is 2.34. The molecule has 100 valence electrons. The number of hydrogen-bond donors (Lipinski definition) is 0. The van der Waals surface area contributed by atoms with Crippen molar-refractivity contribution in [1.29, 1.82) is 0 Å². The molecule has 2 aromatic rings. The molecule has 1 heterocycles. The zero-order valence-corrected chi connectivity index (χ0v) is 11.0. The van der Waals surface area contributed by atoms with Gasteiger partial charge in [-0.1, -0.05) is 6.58 Å². The number of aromatic nitrogens is 1. The molecule has 0 fully saturated rings. The lowest BCUT2D eigenvalue weighted by molar-refractivity contribution is -0.130. The van der Waals surface area contributed by atoms with Gasteiger partial charge in [0.2, 0.25) is 0 Å². The van der Waals surface area contributed by atoms with Crippen molar-refractivity contribution < 1.29 is 9.53 Å². The molecule has 0 aliphatic heterocycles. The number of carbonyl (C=O) groups is 1. The summed E-state index contributed by atoms with van der Waals surface area (Å²) >= 11 is 0. The summed E-state index contributed by atoms with van der Waals surface area (Å²) in [6.45, 7) is 5.12. The fraction of sp³-hybridized carbons (Fsp3) is 0.0667. The largest absolute Gasteiger partial charge is 0.423 e. The highest BCUT2D eigenvalue weighted by molar-refractivity contribution is 5.88. The van der Waals surface area contributed by atoms with E-state index in [4.69, 9.17) is 4.74 Å². The van der Waals surface area contributed by atoms with Crippen molar-refractivity contribution in [2.75, 3.05) is 0 Å². The molecule has 5 nitrogen and oxygen atoms in total. The molecule has 0 spiro atoms. The summed E-state index contributed by atoms with van der Waals surface area (Å²) in [7, 11) is 0. The van der Waals surface area contributed by atoms with Crippen LogP contribution in [0.5, 0.6) is 5.75 Å². The summed E-state index contributed by atoms with van der Waals surface area (Å²) in [6.07, 6.45) is 3.29. The second-order valence-corrected chi connectivity index (χ2v) is 4.07. The SMILES string of the molecule is C=C(C)C(=O)Oc1ccc(N=Nc2ccncc2)cc1. The molecule has 0 N–H and O–H groups in total. The maximum Gasteiger partial charge on any atom is 0.338 e. The minimum atomic E-state index is -0.448. The van der Waals surface area contributed by atoms with Crippen LogP contribution in [0.15, 0.2) is 71.2 Å². The van der Waals surface area contributed by atoms with E-state index in [1.165, 1.54) is 0 Å². The Hall–Kier alpha value is -2.82. The van der Waals surface area contributed by atoms with Gasteiger partial charge in [-0.25, -0.2) is 4.79 Å². The highest BCUT2D eigenvalue weighted by Crippen LogP contribution is 2.21. The zero-order chi connectivity index (χ0) is 14.4. The molecule has 2 rings (SSSR count). The van der Waals surface area contributed by atoms with E-state index >= 15 is 0 Å². The smallest absolute Gasteiger partial charge is 0.338 e. The summed E-state index contributed by atoms with van der Waals surface area (Å²) < 4.78 is 5.07. The third kappa shape index (κ3) is 3.84. The Labute approximate surface area is 116 Å². The fourth-order valence-corrected chi connectivity index (χ4v) is 1.30. The average Bonchev–Trinajstić information content (AvgIpc) is 2.47. The molecule has 0 radical (unpaired) electrons. The van der Waals surface area contributed by atoms with E-state index in [9.17, 15) is 4.79 Å². The maximum absolute atomic E-state index is 11.3. The summed E-state index contributed by atoms with van der Waals surface area (Å²) in [4.78, 5) is 15.2. The molecule has 20 heavy (non-hydrogen) atoms. The summed E-state index contributed by atoms with van der Waals surface area (Å²) in [5, 5.41) is 8.13. The maximum atomic E-state index is 11.3. The van der Waals surface area contributed by atoms with Crippen LogP contribution >= 0.6 is 0 Å². The topological polar surface area (TPSA) is 63.9 Å². The number of azo groups is 1. The lowest BCUT2D eigenvalue weighted by Crippen LogP contribution is -2.07. The number of ether oxygens (including phenoxy) is 1. The fourth-order valence-electron chi connectivity index (χ4n) is 1.30. The molecular formula is C15H13N3O2. The molecule has 0 aliphatic carbocycles. The lowest BCUT2D eigenvalue weighted by atomic mass is 10.3. The predicted octanol–water partition coefficient (Wildman–Crippen LogP) is 3.98. The van der Waals surface area contributed by atoms with Gasteiger partial charge < -0.3 is 4.74 Å². The van der Waals surface area contributed by atoms with Gasteiger partial charge in [-0.3, -0.25) is 4.98 Å². The van der Waals surface area contributed by atoms with E-state index in [-0.39, 0.29) is 0 Å². The number of pyridine rings is 1. The number of hydrogen-bond acceptors (Lipinski definition) is 5. The summed E-state index contributed by atoms with van der Waals surface area (Å²) in [6, 6.07) is 10.2. The zero-order valence-electron chi connectivity index (χ0n) is 11.0. The standard InChI is InChI=1S/C15H13N3O2/c1-11(2)15(19)20-14-5-3-12(4-6-14)17-18-13-7-9-16-10-8-13/h3-10H,1H2,2H3. The molecule has 1 aromatic heterocycles. The second-order valence-electron chi connectivity index (χ2n) is 4.07. The van der Waals surface area contributed by atoms with Crippen molar-refractivity contribution in [2.24, 2.45) is 10.2 Å². The number of benzene rings is 1. The van der Waals surface area contributed by atoms with Crippen LogP contribution in [0.2, 0.25) is 0 Å². The first kappa shape index (κ1) is 13.6. The van der Waals surface area contributed by atoms with Crippen molar-refractivity contribution >= 4 is 17.3 Å². The minimum Gasteiger partial charge on any atom is -0.423 e. The van der Waals surface area contributed by atoms with Gasteiger partial charge in [-0.15, -0.1) is 0 Å². The van der Waals surface area contributed by atoms with Gasteiger partial charge in [0.05, 0.1) is 11.4 Å². The van der Waals surface area contributed by atoms with Crippen molar-refractivity contribution in [3.05, 3.63) is 60.9 Å². The Morgan fingerprint density at radius 3 is 2.15 bits per heavy atom. The van der Waals surface area contributed by atoms with Crippen molar-refractivity contribution in [1.82, 2.24) is 4.98 Å². The Kier molecular flexibility index (Phi) is 4.34. The van der Waals surface area contributed by atoms with Crippen molar-refractivity contribution in [2.45, 2.75) is 6.92 Å². The van der Waals surface area contributed by atoms with Crippen LogP contribution in [0, 0.1) is 0 Å². The number of rotatable bonds is 4. The van der Waals surface area contributed by atoms with Gasteiger partial charge in [0, 0.05) is 18.0 Å². The number of carbonyl (C=O) groups excluding carboxylic acids is 1. The van der Waals surface area contributed by atoms with Crippen LogP contribution in [0.1, 0.15) is 6.92 Å². The van der Waals surface area contributed by atoms with Crippen LogP contribution in [0.25, 0.3) is 0 Å². The van der Waals surface area contributed by atoms with E-state index in [2.05, 4.69) is 21.8 Å². The molecular weight excluding hydrogens is 254 g/mol. The Balaban J connectivity index is 2.03. The number of esters is 1. The van der Waals surface area contributed by atoms with Gasteiger partial charge in [0.25, 0.3) is 0 Å². The van der Waals surface area contributed by atoms with E-state index < -0.39 is 5.97 Å². The van der Waals surface area contributed by atoms with E-state index in [1.54, 1.807) is 55.7 Å². The first-order valence-corrected chi connectivity index (χ1v) is 5.94. The highest BCUT2D eigenvalue weighted by atomic mass is 16.5. The van der Waals surface area contributed by atoms with Gasteiger partial charge in [0.15, 0.2) is 0 Å². The first-order chi connectivity index (χ1) is 9.65. The molecule has 0 bridgehead atoms. The monoisotopic (exact) mass is 267 g/mol. The first-order valence-electron chi connectivity index (χ1n) is 5.94. The van der Waals surface area contributed by atoms with E-state index in [0.717, 1.165) is 5.69 Å². The molecule has 0 saturated heterocycles. The van der Waals surface area contributed by atoms with Crippen LogP contribution < -0.4 is 4.74 Å². The highest BCUT2D eigenvalue weighted by Gasteiger charge is 2.04. The molecule has 0 saturated carbocycles. The van der Waals surface area contributed by atoms with E-state index in [1.807, 2.05) is 0 Å². The second kappa shape index (κ2) is 6.38. The molecule has 1 aromatic carbocycles. The molecule has 0 amide bonds. The van der Waals surface area contributed by atoms with E-state index in [0.29, 0.717) is 17.0 Å². The molecule has 0 unspecified atom stereocenters. The predicted molar refractivity (Wildman–Crippen MR) is 75.3 cm³/mol. The third-order valence-corrected chi connectivity index (χ3v) is 2.34. The normalized spacial score (nSPS) is 10.4. The Morgan fingerprint density at radius 2 is 1.60 bits per heavy atom. The summed E-state index contributed by atoms with van der Waals surface area (Å²) in [5.41, 5.74) is 1.74. The minimum absolute atomic E-state index is 0.353. The average molecular weight is 267 g/mol. The van der Waals surface area contributed by atoms with Gasteiger partial charge in [0.1, 0.15) is 5.75 Å². The Morgan fingerprint density at radius 1 is 1.05 bits per heavy atom. The number of nitrogens with zero attached hydrogens (tertiary/aromatic N) is 3. The van der Waals surface area contributed by atoms with Crippen LogP contribution in [-0.2, 0) is 4.79 Å². The van der Waals surface area contributed by atoms with Crippen LogP contribution in [0.3, 0.4) is 0 Å². The molecule has 0 aliphatic rings. The molecule has 5 heteroatoms. The van der Waals surface area contributed by atoms with Crippen molar-refractivity contribution in [3.8, 4) is 5.75 Å². The molecule has 0 atom stereocenters.